The molecule has 0 saturated carbocycles. The van der Waals surface area contributed by atoms with Gasteiger partial charge in [-0.3, -0.25) is 4.79 Å². The van der Waals surface area contributed by atoms with E-state index in [4.69, 9.17) is 13.6 Å². The Morgan fingerprint density at radius 1 is 1.07 bits per heavy atom. The molecule has 3 heterocycles. The normalized spacial score (nSPS) is 11.9. The first-order chi connectivity index (χ1) is 14.1. The minimum absolute atomic E-state index is 0.314. The summed E-state index contributed by atoms with van der Waals surface area (Å²) in [6.07, 6.45) is 3.07. The zero-order chi connectivity index (χ0) is 20.2. The van der Waals surface area contributed by atoms with Crippen molar-refractivity contribution in [3.63, 3.8) is 0 Å². The van der Waals surface area contributed by atoms with Crippen LogP contribution in [0.3, 0.4) is 0 Å². The largest absolute Gasteiger partial charge is 0.467 e. The van der Waals surface area contributed by atoms with Crippen molar-refractivity contribution in [1.29, 1.82) is 0 Å². The summed E-state index contributed by atoms with van der Waals surface area (Å²) in [4.78, 5) is 29.4. The molecule has 0 fully saturated rings. The van der Waals surface area contributed by atoms with Crippen LogP contribution < -0.4 is 5.32 Å². The lowest BCUT2D eigenvalue weighted by Gasteiger charge is -2.12. The molecule has 0 aliphatic heterocycles. The molecule has 0 bridgehead atoms. The average molecular weight is 390 g/mol. The summed E-state index contributed by atoms with van der Waals surface area (Å²) in [5, 5.41) is 3.36. The smallest absolute Gasteiger partial charge is 0.339 e. The number of pyridine rings is 1. The molecule has 7 nitrogen and oxygen atoms in total. The molecule has 29 heavy (non-hydrogen) atoms. The van der Waals surface area contributed by atoms with Gasteiger partial charge in [0.05, 0.1) is 29.6 Å². The number of esters is 1. The third-order valence-corrected chi connectivity index (χ3v) is 4.39. The molecule has 4 rings (SSSR count). The number of nitrogens with one attached hydrogen (secondary N) is 1. The van der Waals surface area contributed by atoms with Gasteiger partial charge in [0.1, 0.15) is 11.5 Å². The Hall–Kier alpha value is -3.87. The highest BCUT2D eigenvalue weighted by molar-refractivity contribution is 6.05. The second kappa shape index (κ2) is 8.02. The van der Waals surface area contributed by atoms with Crippen LogP contribution in [0.2, 0.25) is 0 Å². The fourth-order valence-corrected chi connectivity index (χ4v) is 3.00. The monoisotopic (exact) mass is 390 g/mol. The van der Waals surface area contributed by atoms with Gasteiger partial charge in [-0.25, -0.2) is 9.78 Å². The second-order valence-corrected chi connectivity index (χ2v) is 6.43. The SMILES string of the molecule is C[C@H](NC(=O)COC(=O)c1cc(-c2ccco2)nc2ccccc12)c1ccco1. The number of carbonyl (C=O) groups is 2. The number of aromatic nitrogens is 1. The van der Waals surface area contributed by atoms with Crippen LogP contribution in [-0.4, -0.2) is 23.5 Å². The van der Waals surface area contributed by atoms with Crippen LogP contribution in [0.4, 0.5) is 0 Å². The maximum absolute atomic E-state index is 12.7. The number of benzene rings is 1. The van der Waals surface area contributed by atoms with Crippen molar-refractivity contribution < 1.29 is 23.2 Å². The van der Waals surface area contributed by atoms with Gasteiger partial charge in [0.15, 0.2) is 12.4 Å². The summed E-state index contributed by atoms with van der Waals surface area (Å²) >= 11 is 0. The van der Waals surface area contributed by atoms with Crippen molar-refractivity contribution in [3.05, 3.63) is 78.4 Å². The van der Waals surface area contributed by atoms with E-state index in [1.807, 2.05) is 12.1 Å². The zero-order valence-electron chi connectivity index (χ0n) is 15.6. The van der Waals surface area contributed by atoms with Gasteiger partial charge in [0.2, 0.25) is 0 Å². The molecule has 7 heteroatoms. The first-order valence-electron chi connectivity index (χ1n) is 9.05. The summed E-state index contributed by atoms with van der Waals surface area (Å²) in [6, 6.07) is 15.5. The number of carbonyl (C=O) groups excluding carboxylic acids is 2. The minimum Gasteiger partial charge on any atom is -0.467 e. The highest BCUT2D eigenvalue weighted by Crippen LogP contribution is 2.25. The molecule has 1 atom stereocenters. The van der Waals surface area contributed by atoms with Gasteiger partial charge in [-0.15, -0.1) is 0 Å². The summed E-state index contributed by atoms with van der Waals surface area (Å²) in [6.45, 7) is 1.38. The first kappa shape index (κ1) is 18.5. The standard InChI is InChI=1S/C22H18N2O5/c1-14(19-8-4-10-27-19)23-21(25)13-29-22(26)16-12-18(20-9-5-11-28-20)24-17-7-3-2-6-15(16)17/h2-12,14H,13H2,1H3,(H,23,25)/t14-/m0/s1. The van der Waals surface area contributed by atoms with Crippen LogP contribution >= 0.6 is 0 Å². The van der Waals surface area contributed by atoms with E-state index in [-0.39, 0.29) is 6.04 Å². The summed E-state index contributed by atoms with van der Waals surface area (Å²) in [5.74, 6) is 0.117. The molecule has 146 valence electrons. The van der Waals surface area contributed by atoms with E-state index >= 15 is 0 Å². The summed E-state index contributed by atoms with van der Waals surface area (Å²) < 4.78 is 15.9. The van der Waals surface area contributed by atoms with Crippen LogP contribution in [0.25, 0.3) is 22.4 Å². The van der Waals surface area contributed by atoms with E-state index in [2.05, 4.69) is 10.3 Å². The number of furan rings is 2. The third-order valence-electron chi connectivity index (χ3n) is 4.39. The van der Waals surface area contributed by atoms with E-state index in [1.165, 1.54) is 12.5 Å². The van der Waals surface area contributed by atoms with Crippen molar-refractivity contribution >= 4 is 22.8 Å². The number of ether oxygens (including phenoxy) is 1. The van der Waals surface area contributed by atoms with E-state index < -0.39 is 18.5 Å². The lowest BCUT2D eigenvalue weighted by molar-refractivity contribution is -0.125. The molecular weight excluding hydrogens is 372 g/mol. The molecule has 0 unspecified atom stereocenters. The molecule has 1 N–H and O–H groups in total. The van der Waals surface area contributed by atoms with Gasteiger partial charge in [-0.1, -0.05) is 18.2 Å². The topological polar surface area (TPSA) is 94.6 Å². The van der Waals surface area contributed by atoms with E-state index in [1.54, 1.807) is 49.4 Å². The molecule has 1 aromatic carbocycles. The molecule has 0 radical (unpaired) electrons. The molecule has 0 aliphatic rings. The van der Waals surface area contributed by atoms with Crippen LogP contribution in [-0.2, 0) is 9.53 Å². The molecule has 1 amide bonds. The van der Waals surface area contributed by atoms with E-state index in [0.29, 0.717) is 33.7 Å². The van der Waals surface area contributed by atoms with Crippen LogP contribution in [0.5, 0.6) is 0 Å². The molecule has 0 saturated heterocycles. The molecule has 0 aliphatic carbocycles. The number of para-hydroxylation sites is 1. The lowest BCUT2D eigenvalue weighted by atomic mass is 10.1. The Bertz CT molecular complexity index is 1130. The Labute approximate surface area is 166 Å². The first-order valence-corrected chi connectivity index (χ1v) is 9.05. The van der Waals surface area contributed by atoms with Crippen molar-refractivity contribution in [2.45, 2.75) is 13.0 Å². The fourth-order valence-electron chi connectivity index (χ4n) is 3.00. The van der Waals surface area contributed by atoms with E-state index in [9.17, 15) is 9.59 Å². The van der Waals surface area contributed by atoms with E-state index in [0.717, 1.165) is 0 Å². The van der Waals surface area contributed by atoms with Gasteiger partial charge >= 0.3 is 5.97 Å². The highest BCUT2D eigenvalue weighted by Gasteiger charge is 2.18. The zero-order valence-corrected chi connectivity index (χ0v) is 15.6. The number of amides is 1. The van der Waals surface area contributed by atoms with Crippen molar-refractivity contribution in [3.8, 4) is 11.5 Å². The number of fused-ring (bicyclic) bond motifs is 1. The quantitative estimate of drug-likeness (QED) is 0.498. The number of hydrogen-bond donors (Lipinski definition) is 1. The minimum atomic E-state index is -0.614. The molecule has 0 spiro atoms. The fraction of sp³-hybridized carbons (Fsp3) is 0.136. The third kappa shape index (κ3) is 4.03. The van der Waals surface area contributed by atoms with Crippen molar-refractivity contribution in [2.24, 2.45) is 0 Å². The van der Waals surface area contributed by atoms with Gasteiger partial charge in [-0.05, 0) is 43.3 Å². The Morgan fingerprint density at radius 3 is 2.62 bits per heavy atom. The van der Waals surface area contributed by atoms with Gasteiger partial charge < -0.3 is 18.9 Å². The number of rotatable bonds is 6. The van der Waals surface area contributed by atoms with Crippen molar-refractivity contribution in [2.75, 3.05) is 6.61 Å². The predicted octanol–water partition coefficient (Wildman–Crippen LogP) is 4.12. The maximum atomic E-state index is 12.7. The second-order valence-electron chi connectivity index (χ2n) is 6.43. The predicted molar refractivity (Wildman–Crippen MR) is 105 cm³/mol. The van der Waals surface area contributed by atoms with Gasteiger partial charge in [0.25, 0.3) is 5.91 Å². The number of hydrogen-bond acceptors (Lipinski definition) is 6. The van der Waals surface area contributed by atoms with Crippen molar-refractivity contribution in [1.82, 2.24) is 10.3 Å². The van der Waals surface area contributed by atoms with Crippen LogP contribution in [0, 0.1) is 0 Å². The average Bonchev–Trinajstić information content (AvgIpc) is 3.45. The summed E-state index contributed by atoms with van der Waals surface area (Å²) in [5.41, 5.74) is 1.45. The molecular formula is C22H18N2O5. The Balaban J connectivity index is 1.51. The lowest BCUT2D eigenvalue weighted by Crippen LogP contribution is -2.31. The maximum Gasteiger partial charge on any atom is 0.339 e. The Morgan fingerprint density at radius 2 is 1.86 bits per heavy atom. The van der Waals surface area contributed by atoms with Gasteiger partial charge in [0, 0.05) is 5.39 Å². The number of nitrogens with zero attached hydrogens (tertiary/aromatic N) is 1. The Kier molecular flexibility index (Phi) is 5.11. The highest BCUT2D eigenvalue weighted by atomic mass is 16.5. The van der Waals surface area contributed by atoms with Crippen LogP contribution in [0.15, 0.2) is 76.0 Å². The molecule has 4 aromatic rings. The van der Waals surface area contributed by atoms with Crippen LogP contribution in [0.1, 0.15) is 29.1 Å². The molecule has 3 aromatic heterocycles. The van der Waals surface area contributed by atoms with Gasteiger partial charge in [-0.2, -0.15) is 0 Å². The summed E-state index contributed by atoms with van der Waals surface area (Å²) in [7, 11) is 0.